The Morgan fingerprint density at radius 3 is 2.83 bits per heavy atom. The first-order chi connectivity index (χ1) is 19.7. The number of rotatable bonds is 1. The lowest BCUT2D eigenvalue weighted by Crippen LogP contribution is -2.53. The highest BCUT2D eigenvalue weighted by molar-refractivity contribution is 7.98. The molecule has 220 valence electrons. The smallest absolute Gasteiger partial charge is 0.261 e. The minimum absolute atomic E-state index is 0.0359. The summed E-state index contributed by atoms with van der Waals surface area (Å²) in [6.45, 7) is 5.98. The van der Waals surface area contributed by atoms with Gasteiger partial charge in [-0.3, -0.25) is 9.52 Å². The van der Waals surface area contributed by atoms with Gasteiger partial charge in [0.15, 0.2) is 0 Å². The van der Waals surface area contributed by atoms with Crippen LogP contribution in [0.4, 0.5) is 5.69 Å². The number of ether oxygens (including phenoxy) is 1. The van der Waals surface area contributed by atoms with E-state index in [2.05, 4.69) is 35.6 Å². The molecule has 1 saturated carbocycles. The van der Waals surface area contributed by atoms with Crippen LogP contribution < -0.4 is 14.4 Å². The van der Waals surface area contributed by atoms with Gasteiger partial charge in [-0.05, 0) is 110 Å². The molecule has 1 amide bonds. The molecule has 2 aromatic rings. The standard InChI is InChI=1S/C33H41ClN2O4S/c1-21-5-3-14-33(39,19-37)28-10-7-25(28)17-36-18-32(13-4-6-23-15-26(34)9-11-27(23)32)20-40-30-12-8-24(16-29(30)36)31(38)35-41-22(21)2/h3,8-9,11-12,14-16,21-22,25,28,37,39H,4-7,10,13,17-20H2,1-2H3,(H,35,38)/b14-3-/t21-,22+,25-,28+,32-,33?/m0/s1. The lowest BCUT2D eigenvalue weighted by atomic mass is 9.64. The summed E-state index contributed by atoms with van der Waals surface area (Å²) in [6.07, 6.45) is 9.54. The zero-order valence-corrected chi connectivity index (χ0v) is 25.5. The van der Waals surface area contributed by atoms with E-state index in [-0.39, 0.29) is 40.9 Å². The molecule has 41 heavy (non-hydrogen) atoms. The van der Waals surface area contributed by atoms with Crippen LogP contribution in [0.5, 0.6) is 5.75 Å². The van der Waals surface area contributed by atoms with Gasteiger partial charge in [-0.15, -0.1) is 0 Å². The minimum Gasteiger partial charge on any atom is -0.490 e. The quantitative estimate of drug-likeness (QED) is 0.280. The number of carbonyl (C=O) groups is 1. The van der Waals surface area contributed by atoms with Crippen LogP contribution in [0, 0.1) is 17.8 Å². The fourth-order valence-corrected chi connectivity index (χ4v) is 8.23. The number of hydrogen-bond acceptors (Lipinski definition) is 6. The van der Waals surface area contributed by atoms with E-state index in [1.165, 1.54) is 23.1 Å². The summed E-state index contributed by atoms with van der Waals surface area (Å²) < 4.78 is 9.65. The predicted molar refractivity (Wildman–Crippen MR) is 166 cm³/mol. The zero-order valence-electron chi connectivity index (χ0n) is 23.9. The number of hydrogen-bond donors (Lipinski definition) is 3. The summed E-state index contributed by atoms with van der Waals surface area (Å²) in [5.74, 6) is 1.12. The molecule has 2 aliphatic carbocycles. The summed E-state index contributed by atoms with van der Waals surface area (Å²) in [6, 6.07) is 12.0. The second-order valence-electron chi connectivity index (χ2n) is 12.7. The molecule has 1 fully saturated rings. The minimum atomic E-state index is -1.25. The summed E-state index contributed by atoms with van der Waals surface area (Å²) in [4.78, 5) is 15.7. The largest absolute Gasteiger partial charge is 0.490 e. The fraction of sp³-hybridized carbons (Fsp3) is 0.545. The molecule has 1 spiro atoms. The van der Waals surface area contributed by atoms with Gasteiger partial charge in [0.25, 0.3) is 5.91 Å². The Balaban J connectivity index is 1.41. The van der Waals surface area contributed by atoms with Gasteiger partial charge < -0.3 is 19.8 Å². The number of anilines is 1. The number of benzene rings is 2. The van der Waals surface area contributed by atoms with Crippen LogP contribution in [0.25, 0.3) is 0 Å². The van der Waals surface area contributed by atoms with Crippen molar-refractivity contribution in [3.8, 4) is 5.75 Å². The molecule has 4 aliphatic rings. The molecule has 0 radical (unpaired) electrons. The van der Waals surface area contributed by atoms with Gasteiger partial charge in [0.2, 0.25) is 0 Å². The molecule has 3 N–H and O–H groups in total. The average Bonchev–Trinajstić information content (AvgIpc) is 3.10. The van der Waals surface area contributed by atoms with Gasteiger partial charge in [-0.1, -0.05) is 43.7 Å². The van der Waals surface area contributed by atoms with Crippen LogP contribution in [0.1, 0.15) is 67.4 Å². The number of nitrogens with one attached hydrogen (secondary N) is 1. The normalized spacial score (nSPS) is 34.4. The molecule has 1 unspecified atom stereocenters. The predicted octanol–water partition coefficient (Wildman–Crippen LogP) is 5.93. The van der Waals surface area contributed by atoms with E-state index in [1.807, 2.05) is 36.4 Å². The summed E-state index contributed by atoms with van der Waals surface area (Å²) in [5.41, 5.74) is 2.65. The van der Waals surface area contributed by atoms with Crippen LogP contribution in [0.2, 0.25) is 5.02 Å². The number of amides is 1. The summed E-state index contributed by atoms with van der Waals surface area (Å²) in [7, 11) is 0. The number of nitrogens with zero attached hydrogens (tertiary/aromatic N) is 1. The van der Waals surface area contributed by atoms with Gasteiger partial charge in [0.1, 0.15) is 11.4 Å². The van der Waals surface area contributed by atoms with E-state index in [4.69, 9.17) is 16.3 Å². The monoisotopic (exact) mass is 596 g/mol. The number of allylic oxidation sites excluding steroid dienone is 1. The van der Waals surface area contributed by atoms with Gasteiger partial charge in [-0.25, -0.2) is 0 Å². The van der Waals surface area contributed by atoms with Crippen molar-refractivity contribution in [1.82, 2.24) is 4.72 Å². The number of fused-ring (bicyclic) bond motifs is 4. The van der Waals surface area contributed by atoms with E-state index >= 15 is 0 Å². The van der Waals surface area contributed by atoms with E-state index in [1.54, 1.807) is 0 Å². The van der Waals surface area contributed by atoms with E-state index < -0.39 is 5.60 Å². The van der Waals surface area contributed by atoms with Crippen LogP contribution in [0.3, 0.4) is 0 Å². The Morgan fingerprint density at radius 1 is 1.20 bits per heavy atom. The maximum absolute atomic E-state index is 13.3. The van der Waals surface area contributed by atoms with E-state index in [0.717, 1.165) is 68.1 Å². The van der Waals surface area contributed by atoms with Gasteiger partial charge in [-0.2, -0.15) is 0 Å². The van der Waals surface area contributed by atoms with Gasteiger partial charge >= 0.3 is 0 Å². The summed E-state index contributed by atoms with van der Waals surface area (Å²) in [5, 5.41) is 22.9. The number of halogens is 1. The highest BCUT2D eigenvalue weighted by atomic mass is 35.5. The van der Waals surface area contributed by atoms with Crippen molar-refractivity contribution in [3.63, 3.8) is 0 Å². The van der Waals surface area contributed by atoms with Crippen LogP contribution >= 0.6 is 23.5 Å². The molecular weight excluding hydrogens is 556 g/mol. The number of carbonyl (C=O) groups excluding carboxylic acids is 1. The third-order valence-electron chi connectivity index (χ3n) is 10.1. The molecule has 2 aliphatic heterocycles. The maximum Gasteiger partial charge on any atom is 0.261 e. The van der Waals surface area contributed by atoms with Crippen LogP contribution in [0.15, 0.2) is 48.6 Å². The van der Waals surface area contributed by atoms with E-state index in [9.17, 15) is 15.0 Å². The van der Waals surface area contributed by atoms with Crippen molar-refractivity contribution in [2.75, 3.05) is 31.2 Å². The van der Waals surface area contributed by atoms with Gasteiger partial charge in [0, 0.05) is 34.3 Å². The lowest BCUT2D eigenvalue weighted by Gasteiger charge is -2.48. The van der Waals surface area contributed by atoms with Crippen LogP contribution in [-0.4, -0.2) is 53.3 Å². The molecule has 2 aromatic carbocycles. The van der Waals surface area contributed by atoms with Crippen molar-refractivity contribution in [2.24, 2.45) is 17.8 Å². The molecule has 8 heteroatoms. The molecule has 0 aromatic heterocycles. The highest BCUT2D eigenvalue weighted by Gasteiger charge is 2.47. The second-order valence-corrected chi connectivity index (χ2v) is 14.4. The Morgan fingerprint density at radius 2 is 2.05 bits per heavy atom. The fourth-order valence-electron chi connectivity index (χ4n) is 7.28. The zero-order chi connectivity index (χ0) is 28.8. The Labute approximate surface area is 252 Å². The summed E-state index contributed by atoms with van der Waals surface area (Å²) >= 11 is 7.84. The highest BCUT2D eigenvalue weighted by Crippen LogP contribution is 2.48. The SMILES string of the molecule is C[C@H]1C/C=C\C(O)(CO)[C@@H]2CC[C@H]2CN2C[C@@]3(CCCc4cc(Cl)ccc43)COc3ccc(cc32)C(=O)NS[C@@H]1C. The first kappa shape index (κ1) is 28.9. The number of aryl methyl sites for hydroxylation is 1. The Kier molecular flexibility index (Phi) is 8.09. The maximum atomic E-state index is 13.3. The first-order valence-corrected chi connectivity index (χ1v) is 16.2. The van der Waals surface area contributed by atoms with Crippen molar-refractivity contribution < 1.29 is 19.7 Å². The molecule has 2 heterocycles. The Hall–Kier alpha value is -2.19. The van der Waals surface area contributed by atoms with Crippen molar-refractivity contribution in [1.29, 1.82) is 0 Å². The Bertz CT molecular complexity index is 1340. The molecule has 6 rings (SSSR count). The molecule has 6 atom stereocenters. The number of aliphatic hydroxyl groups excluding tert-OH is 1. The van der Waals surface area contributed by atoms with Crippen molar-refractivity contribution in [3.05, 3.63) is 70.3 Å². The third kappa shape index (κ3) is 5.51. The van der Waals surface area contributed by atoms with Crippen molar-refractivity contribution >= 4 is 35.1 Å². The number of aliphatic hydroxyl groups is 2. The average molecular weight is 597 g/mol. The molecular formula is C33H41ClN2O4S. The van der Waals surface area contributed by atoms with E-state index in [0.29, 0.717) is 12.2 Å². The van der Waals surface area contributed by atoms with Gasteiger partial charge in [0.05, 0.1) is 18.9 Å². The molecule has 0 saturated heterocycles. The first-order valence-electron chi connectivity index (χ1n) is 15.0. The van der Waals surface area contributed by atoms with Crippen molar-refractivity contribution in [2.45, 2.75) is 68.6 Å². The topological polar surface area (TPSA) is 82.0 Å². The lowest BCUT2D eigenvalue weighted by molar-refractivity contribution is -0.0770. The van der Waals surface area contributed by atoms with Crippen LogP contribution in [-0.2, 0) is 11.8 Å². The molecule has 2 bridgehead atoms. The third-order valence-corrected chi connectivity index (χ3v) is 11.5. The molecule has 6 nitrogen and oxygen atoms in total. The second kappa shape index (κ2) is 11.5.